The number of rotatable bonds is 4. The van der Waals surface area contributed by atoms with Gasteiger partial charge in [-0.25, -0.2) is 4.79 Å². The van der Waals surface area contributed by atoms with Crippen molar-refractivity contribution >= 4 is 17.3 Å². The van der Waals surface area contributed by atoms with Crippen molar-refractivity contribution in [2.75, 3.05) is 0 Å². The maximum absolute atomic E-state index is 12.5. The number of nitro benzene ring substituents is 2. The Hall–Kier alpha value is -2.51. The number of nitrogens with zero attached hydrogens (tertiary/aromatic N) is 2. The van der Waals surface area contributed by atoms with Crippen molar-refractivity contribution in [1.82, 2.24) is 0 Å². The molecular formula is C17H18N2O6. The number of hydrogen-bond acceptors (Lipinski definition) is 6. The number of ether oxygens (including phenoxy) is 1. The predicted octanol–water partition coefficient (Wildman–Crippen LogP) is 3.48. The van der Waals surface area contributed by atoms with E-state index in [1.807, 2.05) is 0 Å². The summed E-state index contributed by atoms with van der Waals surface area (Å²) in [5.41, 5.74) is -1.09. The van der Waals surface area contributed by atoms with Gasteiger partial charge in [0.15, 0.2) is 0 Å². The highest BCUT2D eigenvalue weighted by Gasteiger charge is 2.50. The molecule has 3 aliphatic carbocycles. The summed E-state index contributed by atoms with van der Waals surface area (Å²) in [6.45, 7) is 0. The van der Waals surface area contributed by atoms with E-state index in [0.717, 1.165) is 37.0 Å². The van der Waals surface area contributed by atoms with Crippen LogP contribution in [0, 0.1) is 43.9 Å². The Labute approximate surface area is 143 Å². The lowest BCUT2D eigenvalue weighted by molar-refractivity contribution is -0.394. The number of fused-ring (bicyclic) bond motifs is 2. The Morgan fingerprint density at radius 3 is 2.12 bits per heavy atom. The standard InChI is InChI=1S/C17H18N2O6/c20-17(12-6-13(18(21)22)8-14(7-12)19(23)24)25-16-5-10-1-9-2-11(3-10)15(16)4-9/h6-11,15-16H,1-5H2/t9-,10+,11-,15-,16-/m1/s1. The Kier molecular flexibility index (Phi) is 3.70. The molecule has 3 fully saturated rings. The second kappa shape index (κ2) is 5.79. The molecule has 1 aromatic rings. The van der Waals surface area contributed by atoms with Crippen molar-refractivity contribution in [3.63, 3.8) is 0 Å². The van der Waals surface area contributed by atoms with Crippen molar-refractivity contribution in [2.24, 2.45) is 23.7 Å². The Balaban J connectivity index is 1.57. The summed E-state index contributed by atoms with van der Waals surface area (Å²) in [4.78, 5) is 33.0. The average molecular weight is 346 g/mol. The van der Waals surface area contributed by atoms with E-state index in [2.05, 4.69) is 0 Å². The van der Waals surface area contributed by atoms with Gasteiger partial charge in [-0.1, -0.05) is 0 Å². The van der Waals surface area contributed by atoms with Gasteiger partial charge >= 0.3 is 5.97 Å². The zero-order valence-corrected chi connectivity index (χ0v) is 13.5. The van der Waals surface area contributed by atoms with Crippen LogP contribution in [0.1, 0.15) is 42.5 Å². The fraction of sp³-hybridized carbons (Fsp3) is 0.588. The zero-order chi connectivity index (χ0) is 17.7. The van der Waals surface area contributed by atoms with Crippen molar-refractivity contribution in [2.45, 2.75) is 38.2 Å². The van der Waals surface area contributed by atoms with Gasteiger partial charge in [0.1, 0.15) is 6.10 Å². The van der Waals surface area contributed by atoms with Crippen LogP contribution in [0.3, 0.4) is 0 Å². The number of non-ortho nitro benzene ring substituents is 2. The highest BCUT2D eigenvalue weighted by Crippen LogP contribution is 2.55. The SMILES string of the molecule is O=C(O[C@@H]1C[C@H]2C[C@@H]3C[C@H](C2)[C@H]1C3)c1cc([N+](=O)[O-])cc([N+](=O)[O-])c1. The van der Waals surface area contributed by atoms with Crippen LogP contribution in [0.4, 0.5) is 11.4 Å². The van der Waals surface area contributed by atoms with Crippen LogP contribution >= 0.6 is 0 Å². The minimum atomic E-state index is -0.744. The minimum absolute atomic E-state index is 0.131. The molecule has 25 heavy (non-hydrogen) atoms. The average Bonchev–Trinajstić information content (AvgIpc) is 2.80. The van der Waals surface area contributed by atoms with Gasteiger partial charge in [-0.05, 0) is 55.8 Å². The maximum Gasteiger partial charge on any atom is 0.338 e. The molecule has 5 atom stereocenters. The molecule has 0 N–H and O–H groups in total. The van der Waals surface area contributed by atoms with Gasteiger partial charge in [0, 0.05) is 12.1 Å². The molecule has 8 heteroatoms. The summed E-state index contributed by atoms with van der Waals surface area (Å²) < 4.78 is 5.67. The van der Waals surface area contributed by atoms with E-state index in [1.165, 1.54) is 19.3 Å². The Morgan fingerprint density at radius 1 is 0.920 bits per heavy atom. The molecule has 3 saturated carbocycles. The Morgan fingerprint density at radius 2 is 1.52 bits per heavy atom. The van der Waals surface area contributed by atoms with E-state index >= 15 is 0 Å². The molecule has 0 spiro atoms. The summed E-state index contributed by atoms with van der Waals surface area (Å²) in [5, 5.41) is 21.9. The Bertz CT molecular complexity index is 729. The molecule has 0 unspecified atom stereocenters. The number of hydrogen-bond donors (Lipinski definition) is 0. The first kappa shape index (κ1) is 16.0. The molecule has 0 amide bonds. The molecule has 3 bridgehead atoms. The molecule has 0 heterocycles. The van der Waals surface area contributed by atoms with E-state index in [1.54, 1.807) is 0 Å². The molecule has 3 aliphatic rings. The third-order valence-corrected chi connectivity index (χ3v) is 6.01. The lowest BCUT2D eigenvalue weighted by Crippen LogP contribution is -2.37. The van der Waals surface area contributed by atoms with E-state index < -0.39 is 27.2 Å². The molecule has 0 aromatic heterocycles. The molecule has 1 aromatic carbocycles. The summed E-state index contributed by atoms with van der Waals surface area (Å²) >= 11 is 0. The van der Waals surface area contributed by atoms with E-state index in [-0.39, 0.29) is 11.7 Å². The fourth-order valence-electron chi connectivity index (χ4n) is 5.15. The van der Waals surface area contributed by atoms with Gasteiger partial charge in [0.2, 0.25) is 0 Å². The first-order valence-electron chi connectivity index (χ1n) is 8.55. The quantitative estimate of drug-likeness (QED) is 0.468. The van der Waals surface area contributed by atoms with Gasteiger partial charge < -0.3 is 4.74 Å². The van der Waals surface area contributed by atoms with Crippen molar-refractivity contribution < 1.29 is 19.4 Å². The van der Waals surface area contributed by atoms with Gasteiger partial charge in [0.05, 0.1) is 21.5 Å². The van der Waals surface area contributed by atoms with E-state index in [0.29, 0.717) is 17.8 Å². The number of carbonyl (C=O) groups is 1. The maximum atomic E-state index is 12.5. The largest absolute Gasteiger partial charge is 0.458 e. The van der Waals surface area contributed by atoms with Crippen LogP contribution in [-0.4, -0.2) is 21.9 Å². The van der Waals surface area contributed by atoms with Crippen molar-refractivity contribution in [3.05, 3.63) is 44.0 Å². The van der Waals surface area contributed by atoms with Crippen LogP contribution in [-0.2, 0) is 4.74 Å². The number of benzene rings is 1. The normalized spacial score (nSPS) is 32.4. The summed E-state index contributed by atoms with van der Waals surface area (Å²) in [7, 11) is 0. The highest BCUT2D eigenvalue weighted by molar-refractivity contribution is 5.91. The third-order valence-electron chi connectivity index (χ3n) is 6.01. The molecule has 0 saturated heterocycles. The first-order chi connectivity index (χ1) is 11.9. The summed E-state index contributed by atoms with van der Waals surface area (Å²) in [6.07, 6.45) is 5.34. The summed E-state index contributed by atoms with van der Waals surface area (Å²) in [6, 6.07) is 2.94. The van der Waals surface area contributed by atoms with Crippen LogP contribution in [0.5, 0.6) is 0 Å². The smallest absolute Gasteiger partial charge is 0.338 e. The van der Waals surface area contributed by atoms with Crippen LogP contribution in [0.25, 0.3) is 0 Å². The fourth-order valence-corrected chi connectivity index (χ4v) is 5.15. The number of nitro groups is 2. The van der Waals surface area contributed by atoms with Crippen LogP contribution in [0.15, 0.2) is 18.2 Å². The lowest BCUT2D eigenvalue weighted by Gasteiger charge is -2.38. The van der Waals surface area contributed by atoms with E-state index in [9.17, 15) is 25.0 Å². The minimum Gasteiger partial charge on any atom is -0.458 e. The highest BCUT2D eigenvalue weighted by atomic mass is 16.6. The van der Waals surface area contributed by atoms with Gasteiger partial charge in [0.25, 0.3) is 11.4 Å². The van der Waals surface area contributed by atoms with Gasteiger partial charge in [-0.2, -0.15) is 0 Å². The third kappa shape index (κ3) is 2.85. The topological polar surface area (TPSA) is 113 Å². The van der Waals surface area contributed by atoms with Crippen LogP contribution in [0.2, 0.25) is 0 Å². The molecular weight excluding hydrogens is 328 g/mol. The zero-order valence-electron chi connectivity index (χ0n) is 13.5. The predicted molar refractivity (Wildman–Crippen MR) is 86.0 cm³/mol. The van der Waals surface area contributed by atoms with Crippen molar-refractivity contribution in [3.8, 4) is 0 Å². The molecule has 0 radical (unpaired) electrons. The van der Waals surface area contributed by atoms with Crippen molar-refractivity contribution in [1.29, 1.82) is 0 Å². The van der Waals surface area contributed by atoms with E-state index in [4.69, 9.17) is 4.74 Å². The molecule has 4 rings (SSSR count). The second-order valence-corrected chi connectivity index (χ2v) is 7.53. The number of esters is 1. The molecule has 8 nitrogen and oxygen atoms in total. The molecule has 0 aliphatic heterocycles. The summed E-state index contributed by atoms with van der Waals surface area (Å²) in [5.74, 6) is 1.58. The van der Waals surface area contributed by atoms with Gasteiger partial charge in [-0.15, -0.1) is 0 Å². The van der Waals surface area contributed by atoms with Gasteiger partial charge in [-0.3, -0.25) is 20.2 Å². The monoisotopic (exact) mass is 346 g/mol. The first-order valence-corrected chi connectivity index (χ1v) is 8.55. The number of carbonyl (C=O) groups excluding carboxylic acids is 1. The van der Waals surface area contributed by atoms with Crippen LogP contribution < -0.4 is 0 Å². The molecule has 132 valence electrons. The second-order valence-electron chi connectivity index (χ2n) is 7.53. The lowest BCUT2D eigenvalue weighted by atomic mass is 9.71.